The predicted molar refractivity (Wildman–Crippen MR) is 125 cm³/mol. The Hall–Kier alpha value is -3.45. The smallest absolute Gasteiger partial charge is 0.222 e. The fraction of sp³-hybridized carbons (Fsp3) is 0.240. The standard InChI is InChI=1S/C25H24ClFN4O2/c1-31(14-2-3-21-15-22(30-29-21)17-6-10-20(27)11-7-17)25(32)13-12-24-28-16-23(33-24)18-4-8-19(26)9-5-18/h4-11,15-16H,2-3,12-14H2,1H3,(H,29,30). The lowest BCUT2D eigenvalue weighted by molar-refractivity contribution is -0.130. The Morgan fingerprint density at radius 2 is 1.82 bits per heavy atom. The van der Waals surface area contributed by atoms with Crippen molar-refractivity contribution in [1.29, 1.82) is 0 Å². The van der Waals surface area contributed by atoms with Crippen LogP contribution < -0.4 is 0 Å². The van der Waals surface area contributed by atoms with E-state index >= 15 is 0 Å². The lowest BCUT2D eigenvalue weighted by Crippen LogP contribution is -2.28. The molecule has 1 amide bonds. The van der Waals surface area contributed by atoms with Crippen LogP contribution in [0.25, 0.3) is 22.6 Å². The van der Waals surface area contributed by atoms with E-state index in [0.717, 1.165) is 35.4 Å². The maximum Gasteiger partial charge on any atom is 0.222 e. The number of oxazole rings is 1. The summed E-state index contributed by atoms with van der Waals surface area (Å²) < 4.78 is 18.8. The quantitative estimate of drug-likeness (QED) is 0.351. The van der Waals surface area contributed by atoms with Gasteiger partial charge in [0, 0.05) is 48.3 Å². The maximum atomic E-state index is 13.1. The maximum absolute atomic E-state index is 13.1. The Morgan fingerprint density at radius 3 is 2.58 bits per heavy atom. The summed E-state index contributed by atoms with van der Waals surface area (Å²) in [4.78, 5) is 18.5. The summed E-state index contributed by atoms with van der Waals surface area (Å²) in [6.07, 6.45) is 3.99. The molecule has 33 heavy (non-hydrogen) atoms. The molecule has 0 radical (unpaired) electrons. The molecule has 4 rings (SSSR count). The fourth-order valence-electron chi connectivity index (χ4n) is 3.47. The molecule has 4 aromatic rings. The van der Waals surface area contributed by atoms with E-state index in [1.807, 2.05) is 18.2 Å². The number of hydrogen-bond acceptors (Lipinski definition) is 4. The summed E-state index contributed by atoms with van der Waals surface area (Å²) in [6, 6.07) is 15.5. The second-order valence-electron chi connectivity index (χ2n) is 7.83. The van der Waals surface area contributed by atoms with E-state index in [1.165, 1.54) is 12.1 Å². The van der Waals surface area contributed by atoms with Crippen LogP contribution in [0.5, 0.6) is 0 Å². The van der Waals surface area contributed by atoms with Crippen LogP contribution in [0.4, 0.5) is 4.39 Å². The van der Waals surface area contributed by atoms with Crippen molar-refractivity contribution in [2.24, 2.45) is 0 Å². The number of nitrogens with zero attached hydrogens (tertiary/aromatic N) is 3. The first-order valence-electron chi connectivity index (χ1n) is 10.7. The summed E-state index contributed by atoms with van der Waals surface area (Å²) >= 11 is 5.92. The van der Waals surface area contributed by atoms with Gasteiger partial charge in [0.1, 0.15) is 5.82 Å². The highest BCUT2D eigenvalue weighted by molar-refractivity contribution is 6.30. The van der Waals surface area contributed by atoms with Crippen molar-refractivity contribution in [3.63, 3.8) is 0 Å². The van der Waals surface area contributed by atoms with Crippen LogP contribution in [-0.4, -0.2) is 39.6 Å². The van der Waals surface area contributed by atoms with Gasteiger partial charge in [-0.3, -0.25) is 9.89 Å². The second-order valence-corrected chi connectivity index (χ2v) is 8.27. The molecular formula is C25H24ClFN4O2. The highest BCUT2D eigenvalue weighted by Gasteiger charge is 2.13. The number of aromatic amines is 1. The SMILES string of the molecule is CN(CCCc1cc(-c2ccc(F)cc2)n[nH]1)C(=O)CCc1ncc(-c2ccc(Cl)cc2)o1. The van der Waals surface area contributed by atoms with E-state index < -0.39 is 0 Å². The minimum atomic E-state index is -0.271. The molecule has 2 aromatic heterocycles. The molecular weight excluding hydrogens is 443 g/mol. The summed E-state index contributed by atoms with van der Waals surface area (Å²) in [7, 11) is 1.80. The third-order valence-electron chi connectivity index (χ3n) is 5.37. The molecule has 2 aromatic carbocycles. The number of amides is 1. The number of aryl methyl sites for hydroxylation is 2. The highest BCUT2D eigenvalue weighted by atomic mass is 35.5. The van der Waals surface area contributed by atoms with Gasteiger partial charge in [0.05, 0.1) is 11.9 Å². The van der Waals surface area contributed by atoms with Crippen LogP contribution in [-0.2, 0) is 17.6 Å². The number of aromatic nitrogens is 3. The summed E-state index contributed by atoms with van der Waals surface area (Å²) in [6.45, 7) is 0.630. The van der Waals surface area contributed by atoms with E-state index in [9.17, 15) is 9.18 Å². The van der Waals surface area contributed by atoms with Gasteiger partial charge < -0.3 is 9.32 Å². The first-order chi connectivity index (χ1) is 16.0. The zero-order chi connectivity index (χ0) is 23.2. The molecule has 0 unspecified atom stereocenters. The van der Waals surface area contributed by atoms with Crippen molar-refractivity contribution < 1.29 is 13.6 Å². The van der Waals surface area contributed by atoms with Gasteiger partial charge in [0.15, 0.2) is 11.7 Å². The van der Waals surface area contributed by atoms with Crippen LogP contribution in [0.15, 0.2) is 65.2 Å². The normalized spacial score (nSPS) is 11.0. The molecule has 0 saturated heterocycles. The minimum Gasteiger partial charge on any atom is -0.441 e. The van der Waals surface area contributed by atoms with Gasteiger partial charge in [0.25, 0.3) is 0 Å². The van der Waals surface area contributed by atoms with Crippen LogP contribution in [0, 0.1) is 5.82 Å². The fourth-order valence-corrected chi connectivity index (χ4v) is 3.59. The number of benzene rings is 2. The zero-order valence-electron chi connectivity index (χ0n) is 18.2. The molecule has 0 saturated carbocycles. The van der Waals surface area contributed by atoms with E-state index in [4.69, 9.17) is 16.0 Å². The molecule has 0 aliphatic heterocycles. The number of hydrogen-bond donors (Lipinski definition) is 1. The average molecular weight is 467 g/mol. The van der Waals surface area contributed by atoms with Crippen molar-refractivity contribution in [1.82, 2.24) is 20.1 Å². The molecule has 6 nitrogen and oxygen atoms in total. The van der Waals surface area contributed by atoms with Crippen molar-refractivity contribution >= 4 is 17.5 Å². The van der Waals surface area contributed by atoms with Crippen molar-refractivity contribution in [2.75, 3.05) is 13.6 Å². The monoisotopic (exact) mass is 466 g/mol. The van der Waals surface area contributed by atoms with Gasteiger partial charge in [-0.05, 0) is 67.4 Å². The molecule has 8 heteroatoms. The second kappa shape index (κ2) is 10.4. The number of carbonyl (C=O) groups is 1. The molecule has 0 bridgehead atoms. The largest absolute Gasteiger partial charge is 0.441 e. The van der Waals surface area contributed by atoms with Crippen molar-refractivity contribution in [3.05, 3.63) is 83.2 Å². The minimum absolute atomic E-state index is 0.0397. The summed E-state index contributed by atoms with van der Waals surface area (Å²) in [5.74, 6) is 0.958. The van der Waals surface area contributed by atoms with Gasteiger partial charge in [-0.15, -0.1) is 0 Å². The Kier molecular flexibility index (Phi) is 7.19. The topological polar surface area (TPSA) is 75.0 Å². The van der Waals surface area contributed by atoms with Gasteiger partial charge >= 0.3 is 0 Å². The summed E-state index contributed by atoms with van der Waals surface area (Å²) in [5.41, 5.74) is 3.50. The molecule has 0 atom stereocenters. The van der Waals surface area contributed by atoms with E-state index in [2.05, 4.69) is 15.2 Å². The highest BCUT2D eigenvalue weighted by Crippen LogP contribution is 2.23. The Bertz CT molecular complexity index is 1200. The van der Waals surface area contributed by atoms with Gasteiger partial charge in [-0.25, -0.2) is 9.37 Å². The van der Waals surface area contributed by atoms with E-state index in [1.54, 1.807) is 42.4 Å². The number of halogens is 2. The van der Waals surface area contributed by atoms with Crippen LogP contribution >= 0.6 is 11.6 Å². The molecule has 0 aliphatic rings. The lowest BCUT2D eigenvalue weighted by atomic mass is 10.1. The number of H-pyrrole nitrogens is 1. The van der Waals surface area contributed by atoms with E-state index in [-0.39, 0.29) is 11.7 Å². The molecule has 170 valence electrons. The number of rotatable bonds is 9. The third kappa shape index (κ3) is 6.08. The Balaban J connectivity index is 1.21. The van der Waals surface area contributed by atoms with E-state index in [0.29, 0.717) is 36.1 Å². The van der Waals surface area contributed by atoms with Crippen LogP contribution in [0.1, 0.15) is 24.4 Å². The lowest BCUT2D eigenvalue weighted by Gasteiger charge is -2.16. The average Bonchev–Trinajstić information content (AvgIpc) is 3.48. The first-order valence-corrected chi connectivity index (χ1v) is 11.1. The molecule has 0 fully saturated rings. The van der Waals surface area contributed by atoms with Crippen molar-refractivity contribution in [3.8, 4) is 22.6 Å². The molecule has 2 heterocycles. The van der Waals surface area contributed by atoms with Crippen LogP contribution in [0.2, 0.25) is 5.02 Å². The Labute approximate surface area is 196 Å². The number of nitrogens with one attached hydrogen (secondary N) is 1. The zero-order valence-corrected chi connectivity index (χ0v) is 19.0. The molecule has 0 aliphatic carbocycles. The molecule has 1 N–H and O–H groups in total. The first kappa shape index (κ1) is 22.7. The summed E-state index contributed by atoms with van der Waals surface area (Å²) in [5, 5.41) is 7.96. The Morgan fingerprint density at radius 1 is 1.09 bits per heavy atom. The third-order valence-corrected chi connectivity index (χ3v) is 5.62. The van der Waals surface area contributed by atoms with Gasteiger partial charge in [-0.1, -0.05) is 11.6 Å². The van der Waals surface area contributed by atoms with Crippen molar-refractivity contribution in [2.45, 2.75) is 25.7 Å². The predicted octanol–water partition coefficient (Wildman–Crippen LogP) is 5.55. The van der Waals surface area contributed by atoms with Gasteiger partial charge in [-0.2, -0.15) is 5.10 Å². The molecule has 0 spiro atoms. The van der Waals surface area contributed by atoms with Crippen LogP contribution in [0.3, 0.4) is 0 Å². The number of carbonyl (C=O) groups excluding carboxylic acids is 1. The van der Waals surface area contributed by atoms with Gasteiger partial charge in [0.2, 0.25) is 5.91 Å².